The molecule has 0 radical (unpaired) electrons. The minimum absolute atomic E-state index is 0.0187. The standard InChI is InChI=1S/C25H17NO4/c27-22(18-12-6-2-7-13-18)20-21(23(28)19-14-8-3-9-15-19)26(25(30)24(20)29)16-17-10-4-1-5-11-17/h1-15H,16H2. The lowest BCUT2D eigenvalue weighted by molar-refractivity contribution is -0.139. The monoisotopic (exact) mass is 395 g/mol. The average Bonchev–Trinajstić information content (AvgIpc) is 3.05. The molecule has 1 heterocycles. The van der Waals surface area contributed by atoms with Gasteiger partial charge < -0.3 is 0 Å². The number of hydrogen-bond donors (Lipinski definition) is 0. The molecule has 0 saturated heterocycles. The van der Waals surface area contributed by atoms with Crippen LogP contribution in [0.1, 0.15) is 26.3 Å². The van der Waals surface area contributed by atoms with Crippen LogP contribution >= 0.6 is 0 Å². The molecular weight excluding hydrogens is 378 g/mol. The van der Waals surface area contributed by atoms with E-state index >= 15 is 0 Å². The van der Waals surface area contributed by atoms with Gasteiger partial charge in [0.25, 0.3) is 11.7 Å². The van der Waals surface area contributed by atoms with Crippen LogP contribution in [0.3, 0.4) is 0 Å². The summed E-state index contributed by atoms with van der Waals surface area (Å²) in [5, 5.41) is 0. The molecule has 1 aliphatic rings. The van der Waals surface area contributed by atoms with Gasteiger partial charge >= 0.3 is 0 Å². The van der Waals surface area contributed by atoms with Crippen LogP contribution in [-0.2, 0) is 16.1 Å². The molecule has 0 aliphatic carbocycles. The molecule has 0 N–H and O–H groups in total. The Hall–Kier alpha value is -4.12. The average molecular weight is 395 g/mol. The molecule has 1 aliphatic heterocycles. The fourth-order valence-electron chi connectivity index (χ4n) is 3.40. The van der Waals surface area contributed by atoms with Gasteiger partial charge in [0, 0.05) is 11.1 Å². The Morgan fingerprint density at radius 3 is 1.63 bits per heavy atom. The summed E-state index contributed by atoms with van der Waals surface area (Å²) in [5.74, 6) is -3.01. The summed E-state index contributed by atoms with van der Waals surface area (Å²) in [6.45, 7) is 0.0187. The molecule has 0 bridgehead atoms. The molecule has 5 heteroatoms. The molecule has 0 fully saturated rings. The zero-order valence-electron chi connectivity index (χ0n) is 15.9. The zero-order chi connectivity index (χ0) is 21.1. The van der Waals surface area contributed by atoms with Crippen LogP contribution in [0.25, 0.3) is 0 Å². The number of allylic oxidation sites excluding steroid dienone is 1. The molecule has 4 rings (SSSR count). The number of hydrogen-bond acceptors (Lipinski definition) is 4. The normalized spacial score (nSPS) is 13.7. The first-order valence-electron chi connectivity index (χ1n) is 9.42. The molecule has 1 amide bonds. The van der Waals surface area contributed by atoms with Crippen LogP contribution in [0.2, 0.25) is 0 Å². The zero-order valence-corrected chi connectivity index (χ0v) is 15.9. The summed E-state index contributed by atoms with van der Waals surface area (Å²) in [4.78, 5) is 53.3. The van der Waals surface area contributed by atoms with Gasteiger partial charge in [-0.3, -0.25) is 24.1 Å². The van der Waals surface area contributed by atoms with E-state index in [4.69, 9.17) is 0 Å². The number of benzene rings is 3. The summed E-state index contributed by atoms with van der Waals surface area (Å²) < 4.78 is 0. The van der Waals surface area contributed by atoms with Gasteiger partial charge in [-0.25, -0.2) is 0 Å². The third-order valence-corrected chi connectivity index (χ3v) is 4.87. The van der Waals surface area contributed by atoms with Gasteiger partial charge in [0.05, 0.1) is 6.54 Å². The number of Topliss-reactive ketones (excluding diaryl/α,β-unsaturated/α-hetero) is 3. The van der Waals surface area contributed by atoms with Crippen molar-refractivity contribution in [3.8, 4) is 0 Å². The van der Waals surface area contributed by atoms with E-state index in [-0.39, 0.29) is 23.4 Å². The largest absolute Gasteiger partial charge is 0.300 e. The van der Waals surface area contributed by atoms with Crippen LogP contribution in [0.15, 0.2) is 102 Å². The predicted molar refractivity (Wildman–Crippen MR) is 111 cm³/mol. The van der Waals surface area contributed by atoms with Crippen molar-refractivity contribution in [2.75, 3.05) is 0 Å². The first kappa shape index (κ1) is 19.2. The molecule has 30 heavy (non-hydrogen) atoms. The number of nitrogens with zero attached hydrogens (tertiary/aromatic N) is 1. The van der Waals surface area contributed by atoms with Crippen molar-refractivity contribution in [2.45, 2.75) is 6.54 Å². The lowest BCUT2D eigenvalue weighted by Gasteiger charge is -2.19. The summed E-state index contributed by atoms with van der Waals surface area (Å²) in [6.07, 6.45) is 0. The van der Waals surface area contributed by atoms with Crippen LogP contribution in [0, 0.1) is 0 Å². The molecule has 3 aromatic carbocycles. The van der Waals surface area contributed by atoms with Gasteiger partial charge in [0.15, 0.2) is 5.78 Å². The molecule has 146 valence electrons. The lowest BCUT2D eigenvalue weighted by Crippen LogP contribution is -2.31. The number of rotatable bonds is 6. The quantitative estimate of drug-likeness (QED) is 0.363. The van der Waals surface area contributed by atoms with Crippen LogP contribution in [-0.4, -0.2) is 28.2 Å². The van der Waals surface area contributed by atoms with E-state index in [2.05, 4.69) is 0 Å². The van der Waals surface area contributed by atoms with Crippen molar-refractivity contribution >= 4 is 23.3 Å². The third-order valence-electron chi connectivity index (χ3n) is 4.87. The maximum atomic E-state index is 13.3. The van der Waals surface area contributed by atoms with E-state index in [0.717, 1.165) is 10.5 Å². The molecule has 0 spiro atoms. The van der Waals surface area contributed by atoms with E-state index < -0.39 is 23.3 Å². The van der Waals surface area contributed by atoms with Crippen LogP contribution in [0.5, 0.6) is 0 Å². The summed E-state index contributed by atoms with van der Waals surface area (Å²) in [5.41, 5.74) is 0.732. The summed E-state index contributed by atoms with van der Waals surface area (Å²) in [7, 11) is 0. The minimum Gasteiger partial charge on any atom is -0.297 e. The van der Waals surface area contributed by atoms with E-state index in [1.165, 1.54) is 0 Å². The van der Waals surface area contributed by atoms with Gasteiger partial charge in [-0.05, 0) is 5.56 Å². The molecular formula is C25H17NO4. The third kappa shape index (κ3) is 3.49. The van der Waals surface area contributed by atoms with Crippen molar-refractivity contribution in [3.05, 3.63) is 119 Å². The highest BCUT2D eigenvalue weighted by Crippen LogP contribution is 2.29. The number of carbonyl (C=O) groups is 4. The van der Waals surface area contributed by atoms with Crippen molar-refractivity contribution in [2.24, 2.45) is 0 Å². The number of amides is 1. The van der Waals surface area contributed by atoms with Gasteiger partial charge in [-0.2, -0.15) is 0 Å². The van der Waals surface area contributed by atoms with Gasteiger partial charge in [0.2, 0.25) is 5.78 Å². The maximum Gasteiger partial charge on any atom is 0.300 e. The first-order chi connectivity index (χ1) is 14.6. The van der Waals surface area contributed by atoms with Gasteiger partial charge in [0.1, 0.15) is 11.3 Å². The topological polar surface area (TPSA) is 71.5 Å². The molecule has 5 nitrogen and oxygen atoms in total. The Kier molecular flexibility index (Phi) is 5.18. The Bertz CT molecular complexity index is 1170. The Morgan fingerprint density at radius 1 is 0.633 bits per heavy atom. The Morgan fingerprint density at radius 2 is 1.10 bits per heavy atom. The predicted octanol–water partition coefficient (Wildman–Crippen LogP) is 3.62. The van der Waals surface area contributed by atoms with Crippen molar-refractivity contribution in [3.63, 3.8) is 0 Å². The molecule has 3 aromatic rings. The van der Waals surface area contributed by atoms with Gasteiger partial charge in [-0.1, -0.05) is 91.0 Å². The van der Waals surface area contributed by atoms with Crippen molar-refractivity contribution < 1.29 is 19.2 Å². The van der Waals surface area contributed by atoms with E-state index in [1.54, 1.807) is 84.9 Å². The number of ketones is 3. The highest BCUT2D eigenvalue weighted by atomic mass is 16.2. The lowest BCUT2D eigenvalue weighted by atomic mass is 9.97. The summed E-state index contributed by atoms with van der Waals surface area (Å²) in [6, 6.07) is 25.5. The second-order valence-corrected chi connectivity index (χ2v) is 6.82. The van der Waals surface area contributed by atoms with Crippen molar-refractivity contribution in [1.82, 2.24) is 4.90 Å². The minimum atomic E-state index is -0.959. The van der Waals surface area contributed by atoms with Crippen molar-refractivity contribution in [1.29, 1.82) is 0 Å². The highest BCUT2D eigenvalue weighted by molar-refractivity contribution is 6.55. The second kappa shape index (κ2) is 8.09. The van der Waals surface area contributed by atoms with Crippen LogP contribution < -0.4 is 0 Å². The van der Waals surface area contributed by atoms with E-state index in [1.807, 2.05) is 6.07 Å². The van der Waals surface area contributed by atoms with E-state index in [0.29, 0.717) is 5.56 Å². The summed E-state index contributed by atoms with van der Waals surface area (Å²) >= 11 is 0. The molecule has 0 saturated carbocycles. The highest BCUT2D eigenvalue weighted by Gasteiger charge is 2.44. The Balaban J connectivity index is 1.86. The molecule has 0 unspecified atom stereocenters. The fraction of sp³-hybridized carbons (Fsp3) is 0.0400. The Labute approximate surface area is 173 Å². The number of carbonyl (C=O) groups excluding carboxylic acids is 4. The van der Waals surface area contributed by atoms with E-state index in [9.17, 15) is 19.2 Å². The van der Waals surface area contributed by atoms with Gasteiger partial charge in [-0.15, -0.1) is 0 Å². The smallest absolute Gasteiger partial charge is 0.297 e. The maximum absolute atomic E-state index is 13.3. The SMILES string of the molecule is O=C1C(=O)N(Cc2ccccc2)C(C(=O)c2ccccc2)=C1C(=O)c1ccccc1. The first-order valence-corrected chi connectivity index (χ1v) is 9.42. The van der Waals surface area contributed by atoms with Crippen LogP contribution in [0.4, 0.5) is 0 Å². The molecule has 0 aromatic heterocycles. The second-order valence-electron chi connectivity index (χ2n) is 6.82. The fourth-order valence-corrected chi connectivity index (χ4v) is 3.40. The molecule has 0 atom stereocenters.